The van der Waals surface area contributed by atoms with Gasteiger partial charge in [0, 0.05) is 0 Å². The fourth-order valence-corrected chi connectivity index (χ4v) is 4.24. The van der Waals surface area contributed by atoms with Crippen LogP contribution in [0.25, 0.3) is 0 Å². The summed E-state index contributed by atoms with van der Waals surface area (Å²) in [4.78, 5) is 23.7. The SMILES string of the molecule is CCCCCCCCCCCCCCCCCCOC(=O)CC(=O)OC(C(C)C)C(C)C. The molecule has 190 valence electrons. The maximum Gasteiger partial charge on any atom is 0.317 e. The van der Waals surface area contributed by atoms with Crippen molar-refractivity contribution < 1.29 is 19.1 Å². The van der Waals surface area contributed by atoms with Gasteiger partial charge in [0.1, 0.15) is 12.5 Å². The molecular weight excluding hydrogens is 400 g/mol. The molecule has 0 aromatic rings. The summed E-state index contributed by atoms with van der Waals surface area (Å²) in [6.07, 6.45) is 20.7. The summed E-state index contributed by atoms with van der Waals surface area (Å²) in [5.74, 6) is -0.475. The van der Waals surface area contributed by atoms with Crippen LogP contribution in [0.4, 0.5) is 0 Å². The normalized spacial score (nSPS) is 11.5. The number of hydrogen-bond donors (Lipinski definition) is 0. The second-order valence-corrected chi connectivity index (χ2v) is 10.1. The monoisotopic (exact) mass is 454 g/mol. The lowest BCUT2D eigenvalue weighted by atomic mass is 9.96. The third-order valence-corrected chi connectivity index (χ3v) is 6.13. The molecule has 0 aliphatic heterocycles. The number of ether oxygens (including phenoxy) is 2. The summed E-state index contributed by atoms with van der Waals surface area (Å²) in [5.41, 5.74) is 0. The molecule has 0 saturated carbocycles. The summed E-state index contributed by atoms with van der Waals surface area (Å²) in [6.45, 7) is 10.8. The van der Waals surface area contributed by atoms with Crippen LogP contribution in [0.1, 0.15) is 144 Å². The average molecular weight is 455 g/mol. The van der Waals surface area contributed by atoms with Gasteiger partial charge in [-0.25, -0.2) is 0 Å². The first-order valence-electron chi connectivity index (χ1n) is 13.7. The number of rotatable bonds is 22. The molecule has 0 N–H and O–H groups in total. The van der Waals surface area contributed by atoms with E-state index in [9.17, 15) is 9.59 Å². The zero-order chi connectivity index (χ0) is 24.0. The maximum absolute atomic E-state index is 11.9. The first-order valence-corrected chi connectivity index (χ1v) is 13.7. The highest BCUT2D eigenvalue weighted by atomic mass is 16.6. The van der Waals surface area contributed by atoms with E-state index in [0.29, 0.717) is 6.61 Å². The van der Waals surface area contributed by atoms with Crippen LogP contribution < -0.4 is 0 Å². The molecule has 0 heterocycles. The van der Waals surface area contributed by atoms with Gasteiger partial charge in [-0.2, -0.15) is 0 Å². The van der Waals surface area contributed by atoms with Gasteiger partial charge in [0.25, 0.3) is 0 Å². The summed E-state index contributed by atoms with van der Waals surface area (Å²) in [5, 5.41) is 0. The van der Waals surface area contributed by atoms with Crippen molar-refractivity contribution in [1.82, 2.24) is 0 Å². The van der Waals surface area contributed by atoms with Gasteiger partial charge < -0.3 is 9.47 Å². The van der Waals surface area contributed by atoms with E-state index in [1.807, 2.05) is 27.7 Å². The third kappa shape index (κ3) is 19.6. The van der Waals surface area contributed by atoms with E-state index in [1.165, 1.54) is 89.9 Å². The molecule has 0 bridgehead atoms. The minimum absolute atomic E-state index is 0.157. The quantitative estimate of drug-likeness (QED) is 0.0936. The smallest absolute Gasteiger partial charge is 0.317 e. The van der Waals surface area contributed by atoms with Crippen LogP contribution in [0.5, 0.6) is 0 Å². The average Bonchev–Trinajstić information content (AvgIpc) is 2.73. The van der Waals surface area contributed by atoms with E-state index >= 15 is 0 Å². The highest BCUT2D eigenvalue weighted by molar-refractivity contribution is 5.91. The van der Waals surface area contributed by atoms with E-state index in [1.54, 1.807) is 0 Å². The molecule has 0 spiro atoms. The minimum atomic E-state index is -0.477. The number of unbranched alkanes of at least 4 members (excludes halogenated alkanes) is 15. The Balaban J connectivity index is 3.43. The maximum atomic E-state index is 11.9. The van der Waals surface area contributed by atoms with Crippen molar-refractivity contribution in [2.24, 2.45) is 11.8 Å². The van der Waals surface area contributed by atoms with Gasteiger partial charge in [0.15, 0.2) is 0 Å². The Hall–Kier alpha value is -1.06. The van der Waals surface area contributed by atoms with Crippen molar-refractivity contribution in [3.05, 3.63) is 0 Å². The van der Waals surface area contributed by atoms with Crippen LogP contribution in [-0.4, -0.2) is 24.6 Å². The standard InChI is InChI=1S/C28H54O4/c1-6-7-8-9-10-11-12-13-14-15-16-17-18-19-20-21-22-31-26(29)23-27(30)32-28(24(2)3)25(4)5/h24-25,28H,6-23H2,1-5H3. The number of carbonyl (C=O) groups is 2. The molecule has 4 nitrogen and oxygen atoms in total. The molecule has 0 atom stereocenters. The summed E-state index contributed by atoms with van der Waals surface area (Å²) in [7, 11) is 0. The Morgan fingerprint density at radius 2 is 0.938 bits per heavy atom. The van der Waals surface area contributed by atoms with Crippen molar-refractivity contribution >= 4 is 11.9 Å². The Morgan fingerprint density at radius 1 is 0.562 bits per heavy atom. The van der Waals surface area contributed by atoms with Gasteiger partial charge in [-0.15, -0.1) is 0 Å². The third-order valence-electron chi connectivity index (χ3n) is 6.13. The van der Waals surface area contributed by atoms with Crippen molar-refractivity contribution in [3.63, 3.8) is 0 Å². The second-order valence-electron chi connectivity index (χ2n) is 10.1. The zero-order valence-corrected chi connectivity index (χ0v) is 22.1. The molecule has 0 rings (SSSR count). The van der Waals surface area contributed by atoms with Gasteiger partial charge in [0.2, 0.25) is 0 Å². The number of hydrogen-bond acceptors (Lipinski definition) is 4. The molecule has 0 unspecified atom stereocenters. The van der Waals surface area contributed by atoms with Gasteiger partial charge in [-0.05, 0) is 18.3 Å². The van der Waals surface area contributed by atoms with Crippen molar-refractivity contribution in [2.45, 2.75) is 150 Å². The van der Waals surface area contributed by atoms with Gasteiger partial charge in [-0.1, -0.05) is 131 Å². The number of carbonyl (C=O) groups excluding carboxylic acids is 2. The predicted molar refractivity (Wildman–Crippen MR) is 135 cm³/mol. The fourth-order valence-electron chi connectivity index (χ4n) is 4.24. The van der Waals surface area contributed by atoms with Gasteiger partial charge in [-0.3, -0.25) is 9.59 Å². The first-order chi connectivity index (χ1) is 15.4. The predicted octanol–water partition coefficient (Wildman–Crippen LogP) is 8.41. The molecule has 32 heavy (non-hydrogen) atoms. The Morgan fingerprint density at radius 3 is 1.31 bits per heavy atom. The highest BCUT2D eigenvalue weighted by Crippen LogP contribution is 2.17. The molecule has 0 radical (unpaired) electrons. The van der Waals surface area contributed by atoms with Crippen LogP contribution >= 0.6 is 0 Å². The summed E-state index contributed by atoms with van der Waals surface area (Å²) in [6, 6.07) is 0. The van der Waals surface area contributed by atoms with Crippen LogP contribution in [-0.2, 0) is 19.1 Å². The summed E-state index contributed by atoms with van der Waals surface area (Å²) >= 11 is 0. The topological polar surface area (TPSA) is 52.6 Å². The summed E-state index contributed by atoms with van der Waals surface area (Å²) < 4.78 is 10.6. The number of esters is 2. The Bertz CT molecular complexity index is 437. The van der Waals surface area contributed by atoms with Crippen LogP contribution in [0.2, 0.25) is 0 Å². The molecule has 4 heteroatoms. The van der Waals surface area contributed by atoms with Gasteiger partial charge in [0.05, 0.1) is 6.61 Å². The van der Waals surface area contributed by atoms with Gasteiger partial charge >= 0.3 is 11.9 Å². The lowest BCUT2D eigenvalue weighted by molar-refractivity contribution is -0.161. The molecule has 0 amide bonds. The van der Waals surface area contributed by atoms with E-state index in [0.717, 1.165) is 12.8 Å². The van der Waals surface area contributed by atoms with Crippen molar-refractivity contribution in [3.8, 4) is 0 Å². The Labute approximate surface area is 199 Å². The first kappa shape index (κ1) is 30.9. The molecule has 0 aromatic heterocycles. The Kier molecular flexibility index (Phi) is 21.0. The van der Waals surface area contributed by atoms with E-state index in [-0.39, 0.29) is 24.4 Å². The minimum Gasteiger partial charge on any atom is -0.465 e. The van der Waals surface area contributed by atoms with Crippen molar-refractivity contribution in [2.75, 3.05) is 6.61 Å². The molecular formula is C28H54O4. The molecule has 0 aromatic carbocycles. The lowest BCUT2D eigenvalue weighted by Crippen LogP contribution is -2.29. The second kappa shape index (κ2) is 21.8. The van der Waals surface area contributed by atoms with E-state index < -0.39 is 11.9 Å². The fraction of sp³-hybridized carbons (Fsp3) is 0.929. The van der Waals surface area contributed by atoms with Crippen LogP contribution in [0.15, 0.2) is 0 Å². The van der Waals surface area contributed by atoms with Crippen LogP contribution in [0.3, 0.4) is 0 Å². The highest BCUT2D eigenvalue weighted by Gasteiger charge is 2.23. The van der Waals surface area contributed by atoms with Crippen LogP contribution in [0, 0.1) is 11.8 Å². The lowest BCUT2D eigenvalue weighted by Gasteiger charge is -2.24. The van der Waals surface area contributed by atoms with E-state index in [2.05, 4.69) is 6.92 Å². The van der Waals surface area contributed by atoms with E-state index in [4.69, 9.17) is 9.47 Å². The largest absolute Gasteiger partial charge is 0.465 e. The molecule has 0 saturated heterocycles. The molecule has 0 aliphatic rings. The zero-order valence-electron chi connectivity index (χ0n) is 22.1. The van der Waals surface area contributed by atoms with Crippen molar-refractivity contribution in [1.29, 1.82) is 0 Å². The molecule has 0 aliphatic carbocycles. The molecule has 0 fully saturated rings.